The van der Waals surface area contributed by atoms with Crippen LogP contribution >= 0.6 is 11.3 Å². The van der Waals surface area contributed by atoms with E-state index in [0.29, 0.717) is 26.2 Å². The summed E-state index contributed by atoms with van der Waals surface area (Å²) in [5, 5.41) is 12.3. The molecule has 1 aromatic heterocycles. The van der Waals surface area contributed by atoms with Crippen LogP contribution in [0.25, 0.3) is 0 Å². The Morgan fingerprint density at radius 2 is 2.17 bits per heavy atom. The van der Waals surface area contributed by atoms with E-state index >= 15 is 0 Å². The van der Waals surface area contributed by atoms with Crippen molar-refractivity contribution in [2.24, 2.45) is 0 Å². The summed E-state index contributed by atoms with van der Waals surface area (Å²) < 4.78 is 10.9. The van der Waals surface area contributed by atoms with Crippen molar-refractivity contribution in [3.63, 3.8) is 0 Å². The van der Waals surface area contributed by atoms with Crippen molar-refractivity contribution in [3.05, 3.63) is 58.3 Å². The fourth-order valence-corrected chi connectivity index (χ4v) is 3.47. The fourth-order valence-electron chi connectivity index (χ4n) is 2.75. The van der Waals surface area contributed by atoms with Gasteiger partial charge < -0.3 is 19.5 Å². The zero-order valence-corrected chi connectivity index (χ0v) is 14.2. The highest BCUT2D eigenvalue weighted by Gasteiger charge is 2.30. The molecule has 0 aliphatic carbocycles. The van der Waals surface area contributed by atoms with E-state index in [-0.39, 0.29) is 18.7 Å². The topological polar surface area (TPSA) is 59.0 Å². The number of benzene rings is 1. The molecular weight excluding hydrogens is 326 g/mol. The minimum Gasteiger partial charge on any atom is -0.445 e. The minimum absolute atomic E-state index is 0.181. The van der Waals surface area contributed by atoms with Crippen LogP contribution in [-0.2, 0) is 16.1 Å². The summed E-state index contributed by atoms with van der Waals surface area (Å²) in [5.74, 6) is 0. The molecule has 1 saturated heterocycles. The smallest absolute Gasteiger partial charge is 0.410 e. The van der Waals surface area contributed by atoms with Gasteiger partial charge in [-0.15, -0.1) is 11.3 Å². The SMILES string of the molecule is O=C(OCc1ccccc1)N1CCOCC1CC(O)c1cccs1. The highest BCUT2D eigenvalue weighted by atomic mass is 32.1. The van der Waals surface area contributed by atoms with Gasteiger partial charge in [0, 0.05) is 17.8 Å². The number of aliphatic hydroxyl groups excluding tert-OH is 1. The Balaban J connectivity index is 1.58. The van der Waals surface area contributed by atoms with Gasteiger partial charge in [0.2, 0.25) is 0 Å². The monoisotopic (exact) mass is 347 g/mol. The molecule has 0 saturated carbocycles. The van der Waals surface area contributed by atoms with Crippen LogP contribution in [0.1, 0.15) is 23.0 Å². The second-order valence-electron chi connectivity index (χ2n) is 5.73. The predicted molar refractivity (Wildman–Crippen MR) is 91.8 cm³/mol. The molecule has 1 amide bonds. The summed E-state index contributed by atoms with van der Waals surface area (Å²) in [6, 6.07) is 13.2. The lowest BCUT2D eigenvalue weighted by Gasteiger charge is -2.35. The second-order valence-corrected chi connectivity index (χ2v) is 6.71. The van der Waals surface area contributed by atoms with Crippen molar-refractivity contribution in [1.82, 2.24) is 4.90 Å². The Bertz CT molecular complexity index is 632. The van der Waals surface area contributed by atoms with Gasteiger partial charge in [0.15, 0.2) is 0 Å². The van der Waals surface area contributed by atoms with Gasteiger partial charge in [-0.3, -0.25) is 0 Å². The lowest BCUT2D eigenvalue weighted by atomic mass is 10.1. The third-order valence-corrected chi connectivity index (χ3v) is 5.01. The van der Waals surface area contributed by atoms with Crippen LogP contribution in [-0.4, -0.2) is 41.9 Å². The Morgan fingerprint density at radius 3 is 2.92 bits per heavy atom. The van der Waals surface area contributed by atoms with E-state index in [9.17, 15) is 9.90 Å². The molecule has 1 aliphatic heterocycles. The lowest BCUT2D eigenvalue weighted by molar-refractivity contribution is -0.0256. The van der Waals surface area contributed by atoms with E-state index < -0.39 is 6.10 Å². The molecule has 2 unspecified atom stereocenters. The van der Waals surface area contributed by atoms with Crippen LogP contribution in [0.5, 0.6) is 0 Å². The van der Waals surface area contributed by atoms with E-state index in [4.69, 9.17) is 9.47 Å². The number of amides is 1. The van der Waals surface area contributed by atoms with E-state index in [2.05, 4.69) is 0 Å². The molecule has 0 radical (unpaired) electrons. The van der Waals surface area contributed by atoms with E-state index in [0.717, 1.165) is 10.4 Å². The zero-order valence-electron chi connectivity index (χ0n) is 13.3. The first kappa shape index (κ1) is 17.0. The number of nitrogens with zero attached hydrogens (tertiary/aromatic N) is 1. The molecule has 2 aromatic rings. The quantitative estimate of drug-likeness (QED) is 0.902. The van der Waals surface area contributed by atoms with Crippen molar-refractivity contribution >= 4 is 17.4 Å². The van der Waals surface area contributed by atoms with Crippen LogP contribution in [0, 0.1) is 0 Å². The van der Waals surface area contributed by atoms with E-state index in [1.165, 1.54) is 11.3 Å². The molecule has 1 fully saturated rings. The number of thiophene rings is 1. The second kappa shape index (κ2) is 8.28. The number of rotatable bonds is 5. The Labute approximate surface area is 145 Å². The van der Waals surface area contributed by atoms with Crippen molar-refractivity contribution in [1.29, 1.82) is 0 Å². The summed E-state index contributed by atoms with van der Waals surface area (Å²) in [7, 11) is 0. The molecule has 1 aliphatic rings. The van der Waals surface area contributed by atoms with Gasteiger partial charge >= 0.3 is 6.09 Å². The van der Waals surface area contributed by atoms with Crippen LogP contribution in [0.2, 0.25) is 0 Å². The molecule has 6 heteroatoms. The molecule has 2 heterocycles. The van der Waals surface area contributed by atoms with Gasteiger partial charge in [-0.05, 0) is 17.0 Å². The third-order valence-electron chi connectivity index (χ3n) is 4.03. The molecule has 0 bridgehead atoms. The zero-order chi connectivity index (χ0) is 16.8. The van der Waals surface area contributed by atoms with E-state index in [1.54, 1.807) is 4.90 Å². The van der Waals surface area contributed by atoms with Gasteiger partial charge in [0.25, 0.3) is 0 Å². The van der Waals surface area contributed by atoms with Gasteiger partial charge in [-0.25, -0.2) is 4.79 Å². The number of ether oxygens (including phenoxy) is 2. The average Bonchev–Trinajstić information content (AvgIpc) is 3.16. The Morgan fingerprint density at radius 1 is 1.33 bits per heavy atom. The van der Waals surface area contributed by atoms with Crippen molar-refractivity contribution in [2.75, 3.05) is 19.8 Å². The summed E-state index contributed by atoms with van der Waals surface area (Å²) in [6.07, 6.45) is -0.507. The van der Waals surface area contributed by atoms with Crippen LogP contribution in [0.4, 0.5) is 4.79 Å². The van der Waals surface area contributed by atoms with Crippen molar-refractivity contribution in [3.8, 4) is 0 Å². The highest BCUT2D eigenvalue weighted by molar-refractivity contribution is 7.10. The largest absolute Gasteiger partial charge is 0.445 e. The Kier molecular flexibility index (Phi) is 5.85. The molecule has 3 rings (SSSR count). The molecule has 5 nitrogen and oxygen atoms in total. The van der Waals surface area contributed by atoms with Crippen LogP contribution < -0.4 is 0 Å². The first-order valence-corrected chi connectivity index (χ1v) is 8.88. The standard InChI is InChI=1S/C18H21NO4S/c20-16(17-7-4-10-24-17)11-15-13-22-9-8-19(15)18(21)23-12-14-5-2-1-3-6-14/h1-7,10,15-16,20H,8-9,11-13H2. The van der Waals surface area contributed by atoms with Crippen LogP contribution in [0.15, 0.2) is 47.8 Å². The first-order chi connectivity index (χ1) is 11.7. The van der Waals surface area contributed by atoms with Gasteiger partial charge in [0.05, 0.1) is 25.4 Å². The number of carbonyl (C=O) groups is 1. The van der Waals surface area contributed by atoms with E-state index in [1.807, 2.05) is 47.8 Å². The molecule has 1 aromatic carbocycles. The number of carbonyl (C=O) groups excluding carboxylic acids is 1. The third kappa shape index (κ3) is 4.35. The average molecular weight is 347 g/mol. The maximum atomic E-state index is 12.4. The number of aliphatic hydroxyl groups is 1. The lowest BCUT2D eigenvalue weighted by Crippen LogP contribution is -2.49. The number of hydrogen-bond acceptors (Lipinski definition) is 5. The number of morpholine rings is 1. The molecular formula is C18H21NO4S. The van der Waals surface area contributed by atoms with Gasteiger partial charge in [-0.2, -0.15) is 0 Å². The molecule has 0 spiro atoms. The maximum Gasteiger partial charge on any atom is 0.410 e. The minimum atomic E-state index is -0.596. The summed E-state index contributed by atoms with van der Waals surface area (Å²) in [5.41, 5.74) is 0.953. The van der Waals surface area contributed by atoms with Crippen LogP contribution in [0.3, 0.4) is 0 Å². The molecule has 1 N–H and O–H groups in total. The molecule has 2 atom stereocenters. The Hall–Kier alpha value is -1.89. The van der Waals surface area contributed by atoms with Gasteiger partial charge in [-0.1, -0.05) is 36.4 Å². The summed E-state index contributed by atoms with van der Waals surface area (Å²) in [6.45, 7) is 1.64. The predicted octanol–water partition coefficient (Wildman–Crippen LogP) is 3.21. The summed E-state index contributed by atoms with van der Waals surface area (Å²) >= 11 is 1.51. The maximum absolute atomic E-state index is 12.4. The van der Waals surface area contributed by atoms with Gasteiger partial charge in [0.1, 0.15) is 6.61 Å². The van der Waals surface area contributed by atoms with Crippen molar-refractivity contribution < 1.29 is 19.4 Å². The number of hydrogen-bond donors (Lipinski definition) is 1. The fraction of sp³-hybridized carbons (Fsp3) is 0.389. The highest BCUT2D eigenvalue weighted by Crippen LogP contribution is 2.26. The molecule has 128 valence electrons. The normalized spacial score (nSPS) is 19.0. The molecule has 24 heavy (non-hydrogen) atoms. The first-order valence-electron chi connectivity index (χ1n) is 8.00. The summed E-state index contributed by atoms with van der Waals surface area (Å²) in [4.78, 5) is 15.0. The van der Waals surface area contributed by atoms with Crippen molar-refractivity contribution in [2.45, 2.75) is 25.2 Å².